The van der Waals surface area contributed by atoms with Gasteiger partial charge < -0.3 is 9.50 Å². The molecule has 1 amide bonds. The molecule has 36 heavy (non-hydrogen) atoms. The van der Waals surface area contributed by atoms with E-state index in [4.69, 9.17) is 4.18 Å². The number of hydrogen-bond acceptors (Lipinski definition) is 7. The average Bonchev–Trinajstić information content (AvgIpc) is 2.87. The predicted molar refractivity (Wildman–Crippen MR) is 134 cm³/mol. The van der Waals surface area contributed by atoms with E-state index in [0.29, 0.717) is 11.3 Å². The van der Waals surface area contributed by atoms with Crippen molar-refractivity contribution in [2.24, 2.45) is 0 Å². The minimum Gasteiger partial charge on any atom is -0.379 e. The first-order chi connectivity index (χ1) is 17.2. The molecule has 0 radical (unpaired) electrons. The fourth-order valence-electron chi connectivity index (χ4n) is 3.35. The Morgan fingerprint density at radius 1 is 0.944 bits per heavy atom. The molecule has 0 atom stereocenters. The number of rotatable bonds is 7. The highest BCUT2D eigenvalue weighted by Crippen LogP contribution is 2.23. The number of nitro groups is 1. The SMILES string of the molecule is N#C/C(=C\c1cccc(OS(=O)(=O)c2ccc([N+](=O)[O-])cc2)c1)C(=O)Nc1ccc2ccccc2c1. The molecule has 0 fully saturated rings. The summed E-state index contributed by atoms with van der Waals surface area (Å²) in [6, 6.07) is 24.9. The summed E-state index contributed by atoms with van der Waals surface area (Å²) in [5.41, 5.74) is 0.424. The van der Waals surface area contributed by atoms with Crippen LogP contribution in [0.2, 0.25) is 0 Å². The Kier molecular flexibility index (Phi) is 6.76. The van der Waals surface area contributed by atoms with Gasteiger partial charge in [0.05, 0.1) is 4.92 Å². The molecule has 178 valence electrons. The Hall–Kier alpha value is -5.01. The third-order valence-corrected chi connectivity index (χ3v) is 6.35. The second-order valence-corrected chi connectivity index (χ2v) is 9.09. The van der Waals surface area contributed by atoms with Crippen LogP contribution in [0.25, 0.3) is 16.8 Å². The van der Waals surface area contributed by atoms with Crippen molar-refractivity contribution in [3.8, 4) is 11.8 Å². The largest absolute Gasteiger partial charge is 0.379 e. The van der Waals surface area contributed by atoms with Crippen LogP contribution in [-0.4, -0.2) is 19.2 Å². The topological polar surface area (TPSA) is 139 Å². The zero-order valence-corrected chi connectivity index (χ0v) is 19.3. The third kappa shape index (κ3) is 5.55. The maximum absolute atomic E-state index is 12.7. The molecule has 1 N–H and O–H groups in total. The van der Waals surface area contributed by atoms with Gasteiger partial charge in [-0.3, -0.25) is 14.9 Å². The number of nitrogens with one attached hydrogen (secondary N) is 1. The monoisotopic (exact) mass is 499 g/mol. The summed E-state index contributed by atoms with van der Waals surface area (Å²) in [6.45, 7) is 0. The lowest BCUT2D eigenvalue weighted by Gasteiger charge is -2.08. The van der Waals surface area contributed by atoms with Gasteiger partial charge in [0.25, 0.3) is 11.6 Å². The highest BCUT2D eigenvalue weighted by Gasteiger charge is 2.18. The maximum atomic E-state index is 12.7. The summed E-state index contributed by atoms with van der Waals surface area (Å²) in [5.74, 6) is -0.688. The molecule has 9 nitrogen and oxygen atoms in total. The van der Waals surface area contributed by atoms with Crippen LogP contribution in [0.5, 0.6) is 5.75 Å². The van der Waals surface area contributed by atoms with Crippen molar-refractivity contribution in [3.05, 3.63) is 112 Å². The van der Waals surface area contributed by atoms with Crippen molar-refractivity contribution in [2.45, 2.75) is 4.90 Å². The van der Waals surface area contributed by atoms with Crippen LogP contribution in [-0.2, 0) is 14.9 Å². The van der Waals surface area contributed by atoms with Gasteiger partial charge in [-0.2, -0.15) is 13.7 Å². The number of benzene rings is 4. The van der Waals surface area contributed by atoms with E-state index in [1.54, 1.807) is 18.2 Å². The number of non-ortho nitro benzene ring substituents is 1. The van der Waals surface area contributed by atoms with Gasteiger partial charge in [-0.05, 0) is 58.8 Å². The number of fused-ring (bicyclic) bond motifs is 1. The van der Waals surface area contributed by atoms with Gasteiger partial charge in [0.15, 0.2) is 0 Å². The molecule has 0 aliphatic carbocycles. The quantitative estimate of drug-likeness (QED) is 0.123. The van der Waals surface area contributed by atoms with Crippen molar-refractivity contribution in [3.63, 3.8) is 0 Å². The molecule has 0 bridgehead atoms. The first-order valence-electron chi connectivity index (χ1n) is 10.5. The number of amides is 1. The Morgan fingerprint density at radius 3 is 2.36 bits per heavy atom. The smallest absolute Gasteiger partial charge is 0.339 e. The summed E-state index contributed by atoms with van der Waals surface area (Å²) in [4.78, 5) is 22.5. The van der Waals surface area contributed by atoms with E-state index < -0.39 is 20.9 Å². The van der Waals surface area contributed by atoms with Gasteiger partial charge in [-0.1, -0.05) is 42.5 Å². The van der Waals surface area contributed by atoms with Crippen LogP contribution in [0, 0.1) is 21.4 Å². The Labute approximate surface area is 206 Å². The highest BCUT2D eigenvalue weighted by molar-refractivity contribution is 7.87. The van der Waals surface area contributed by atoms with Gasteiger partial charge in [0.2, 0.25) is 0 Å². The van der Waals surface area contributed by atoms with Crippen molar-refractivity contribution < 1.29 is 22.3 Å². The lowest BCUT2D eigenvalue weighted by molar-refractivity contribution is -0.384. The first kappa shape index (κ1) is 24.1. The van der Waals surface area contributed by atoms with Crippen LogP contribution in [0.3, 0.4) is 0 Å². The fourth-order valence-corrected chi connectivity index (χ4v) is 4.27. The van der Waals surface area contributed by atoms with E-state index in [0.717, 1.165) is 35.0 Å². The van der Waals surface area contributed by atoms with E-state index in [9.17, 15) is 28.6 Å². The standard InChI is InChI=1S/C26H17N3O6S/c27-17-21(26(30)28-22-9-8-19-5-1-2-6-20(19)16-22)14-18-4-3-7-24(15-18)35-36(33,34)25-12-10-23(11-13-25)29(31)32/h1-16H,(H,28,30)/b21-14+. The van der Waals surface area contributed by atoms with Crippen molar-refractivity contribution in [1.82, 2.24) is 0 Å². The summed E-state index contributed by atoms with van der Waals surface area (Å²) in [5, 5.41) is 24.9. The molecule has 4 aromatic carbocycles. The Balaban J connectivity index is 1.52. The Morgan fingerprint density at radius 2 is 1.67 bits per heavy atom. The van der Waals surface area contributed by atoms with Gasteiger partial charge in [0.1, 0.15) is 22.3 Å². The summed E-state index contributed by atoms with van der Waals surface area (Å²) in [7, 11) is -4.27. The number of anilines is 1. The molecular formula is C26H17N3O6S. The normalized spacial score (nSPS) is 11.5. The van der Waals surface area contributed by atoms with E-state index in [-0.39, 0.29) is 21.9 Å². The Bertz CT molecular complexity index is 1660. The minimum atomic E-state index is -4.27. The molecular weight excluding hydrogens is 482 g/mol. The lowest BCUT2D eigenvalue weighted by atomic mass is 10.1. The molecule has 4 aromatic rings. The average molecular weight is 500 g/mol. The van der Waals surface area contributed by atoms with Crippen LogP contribution < -0.4 is 9.50 Å². The van der Waals surface area contributed by atoms with Crippen molar-refractivity contribution >= 4 is 44.2 Å². The molecule has 0 aliphatic rings. The van der Waals surface area contributed by atoms with Crippen LogP contribution in [0.1, 0.15) is 5.56 Å². The van der Waals surface area contributed by atoms with E-state index in [1.807, 2.05) is 36.4 Å². The van der Waals surface area contributed by atoms with Crippen LogP contribution >= 0.6 is 0 Å². The van der Waals surface area contributed by atoms with Crippen LogP contribution in [0.4, 0.5) is 11.4 Å². The summed E-state index contributed by atoms with van der Waals surface area (Å²) in [6.07, 6.45) is 1.31. The molecule has 0 aliphatic heterocycles. The molecule has 10 heteroatoms. The number of hydrogen-bond donors (Lipinski definition) is 1. The predicted octanol–water partition coefficient (Wildman–Crippen LogP) is 5.06. The number of carbonyl (C=O) groups excluding carboxylic acids is 1. The maximum Gasteiger partial charge on any atom is 0.339 e. The minimum absolute atomic E-state index is 0.0608. The second-order valence-electron chi connectivity index (χ2n) is 7.55. The molecule has 0 aromatic heterocycles. The zero-order valence-electron chi connectivity index (χ0n) is 18.5. The second kappa shape index (κ2) is 10.1. The van der Waals surface area contributed by atoms with Gasteiger partial charge in [-0.25, -0.2) is 0 Å². The number of nitriles is 1. The molecule has 0 heterocycles. The summed E-state index contributed by atoms with van der Waals surface area (Å²) < 4.78 is 30.2. The molecule has 0 saturated heterocycles. The first-order valence-corrected chi connectivity index (χ1v) is 11.9. The van der Waals surface area contributed by atoms with E-state index >= 15 is 0 Å². The number of nitro benzene ring substituents is 1. The molecule has 0 unspecified atom stereocenters. The molecule has 0 saturated carbocycles. The van der Waals surface area contributed by atoms with Crippen molar-refractivity contribution in [1.29, 1.82) is 5.26 Å². The molecule has 4 rings (SSSR count). The molecule has 0 spiro atoms. The van der Waals surface area contributed by atoms with Crippen LogP contribution in [0.15, 0.2) is 101 Å². The summed E-state index contributed by atoms with van der Waals surface area (Å²) >= 11 is 0. The van der Waals surface area contributed by atoms with Gasteiger partial charge in [-0.15, -0.1) is 0 Å². The van der Waals surface area contributed by atoms with Gasteiger partial charge >= 0.3 is 10.1 Å². The van der Waals surface area contributed by atoms with Gasteiger partial charge in [0, 0.05) is 17.8 Å². The third-order valence-electron chi connectivity index (χ3n) is 5.08. The number of carbonyl (C=O) groups is 1. The van der Waals surface area contributed by atoms with E-state index in [2.05, 4.69) is 5.32 Å². The van der Waals surface area contributed by atoms with E-state index in [1.165, 1.54) is 24.3 Å². The zero-order chi connectivity index (χ0) is 25.7. The highest BCUT2D eigenvalue weighted by atomic mass is 32.2. The lowest BCUT2D eigenvalue weighted by Crippen LogP contribution is -2.13. The fraction of sp³-hybridized carbons (Fsp3) is 0. The van der Waals surface area contributed by atoms with Crippen molar-refractivity contribution in [2.75, 3.05) is 5.32 Å². The number of nitrogens with zero attached hydrogens (tertiary/aromatic N) is 2.